The number of rotatable bonds is 5. The minimum Gasteiger partial charge on any atom is -0.481 e. The number of nitrogens with zero attached hydrogens (tertiary/aromatic N) is 2. The Hall–Kier alpha value is -3.05. The van der Waals surface area contributed by atoms with Gasteiger partial charge in [0.2, 0.25) is 11.8 Å². The number of hydrogen-bond acceptors (Lipinski definition) is 4. The van der Waals surface area contributed by atoms with E-state index >= 15 is 0 Å². The molecule has 1 aliphatic rings. The summed E-state index contributed by atoms with van der Waals surface area (Å²) in [4.78, 5) is 18.2. The van der Waals surface area contributed by atoms with Gasteiger partial charge in [-0.15, -0.1) is 0 Å². The number of carbonyl (C=O) groups excluding carboxylic acids is 1. The first-order valence-corrected chi connectivity index (χ1v) is 9.73. The highest BCUT2D eigenvalue weighted by Crippen LogP contribution is 2.40. The summed E-state index contributed by atoms with van der Waals surface area (Å²) in [6.45, 7) is 6.66. The Bertz CT molecular complexity index is 1110. The molecule has 5 nitrogen and oxygen atoms in total. The van der Waals surface area contributed by atoms with Crippen LogP contribution in [0.25, 0.3) is 10.8 Å². The SMILES string of the molecule is C=CC(=O)N1CC(Nc2ccc3ccnc(OC)c3c2)(c2cccc(Cl)c2C)C1. The Balaban J connectivity index is 1.75. The lowest BCUT2D eigenvalue weighted by Crippen LogP contribution is -2.65. The summed E-state index contributed by atoms with van der Waals surface area (Å²) in [6.07, 6.45) is 3.08. The van der Waals surface area contributed by atoms with E-state index in [0.29, 0.717) is 24.0 Å². The highest BCUT2D eigenvalue weighted by Gasteiger charge is 2.47. The zero-order valence-corrected chi connectivity index (χ0v) is 17.2. The monoisotopic (exact) mass is 407 g/mol. The molecule has 3 aromatic rings. The molecule has 0 bridgehead atoms. The van der Waals surface area contributed by atoms with Crippen molar-refractivity contribution in [1.82, 2.24) is 9.88 Å². The van der Waals surface area contributed by atoms with Crippen LogP contribution in [0.1, 0.15) is 11.1 Å². The number of methoxy groups -OCH3 is 1. The molecule has 0 atom stereocenters. The number of pyridine rings is 1. The maximum Gasteiger partial charge on any atom is 0.246 e. The predicted molar refractivity (Wildman–Crippen MR) is 117 cm³/mol. The third-order valence-corrected chi connectivity index (χ3v) is 5.91. The molecule has 0 spiro atoms. The number of hydrogen-bond donors (Lipinski definition) is 1. The van der Waals surface area contributed by atoms with E-state index in [2.05, 4.69) is 22.9 Å². The van der Waals surface area contributed by atoms with Gasteiger partial charge < -0.3 is 15.0 Å². The number of likely N-dealkylation sites (tertiary alicyclic amines) is 1. The average Bonchev–Trinajstić information content (AvgIpc) is 2.71. The van der Waals surface area contributed by atoms with Crippen LogP contribution in [0.3, 0.4) is 0 Å². The molecule has 1 saturated heterocycles. The van der Waals surface area contributed by atoms with Gasteiger partial charge in [0.05, 0.1) is 25.7 Å². The van der Waals surface area contributed by atoms with Crippen LogP contribution in [-0.4, -0.2) is 36.0 Å². The van der Waals surface area contributed by atoms with E-state index < -0.39 is 5.54 Å². The van der Waals surface area contributed by atoms with Crippen LogP contribution in [0.4, 0.5) is 5.69 Å². The summed E-state index contributed by atoms with van der Waals surface area (Å²) in [5, 5.41) is 6.34. The normalized spacial score (nSPS) is 14.9. The van der Waals surface area contributed by atoms with Crippen LogP contribution in [0.2, 0.25) is 5.02 Å². The van der Waals surface area contributed by atoms with E-state index in [1.807, 2.05) is 43.3 Å². The summed E-state index contributed by atoms with van der Waals surface area (Å²) in [5.74, 6) is 0.502. The smallest absolute Gasteiger partial charge is 0.246 e. The summed E-state index contributed by atoms with van der Waals surface area (Å²) in [7, 11) is 1.61. The second kappa shape index (κ2) is 7.41. The van der Waals surface area contributed by atoms with E-state index in [1.165, 1.54) is 6.08 Å². The molecule has 0 unspecified atom stereocenters. The molecule has 4 rings (SSSR count). The minimum atomic E-state index is -0.434. The molecule has 0 aliphatic carbocycles. The Labute approximate surface area is 175 Å². The summed E-state index contributed by atoms with van der Waals surface area (Å²) < 4.78 is 5.42. The first-order chi connectivity index (χ1) is 14.0. The van der Waals surface area contributed by atoms with Crippen LogP contribution >= 0.6 is 11.6 Å². The lowest BCUT2D eigenvalue weighted by molar-refractivity contribution is -0.132. The number of fused-ring (bicyclic) bond motifs is 1. The van der Waals surface area contributed by atoms with Gasteiger partial charge in [0, 0.05) is 22.3 Å². The first-order valence-electron chi connectivity index (χ1n) is 9.35. The molecule has 0 radical (unpaired) electrons. The van der Waals surface area contributed by atoms with Gasteiger partial charge in [-0.25, -0.2) is 4.98 Å². The topological polar surface area (TPSA) is 54.5 Å². The molecule has 0 saturated carbocycles. The molecular weight excluding hydrogens is 386 g/mol. The average molecular weight is 408 g/mol. The van der Waals surface area contributed by atoms with Gasteiger partial charge in [-0.2, -0.15) is 0 Å². The number of anilines is 1. The molecule has 29 heavy (non-hydrogen) atoms. The lowest BCUT2D eigenvalue weighted by atomic mass is 9.79. The maximum atomic E-state index is 12.1. The largest absolute Gasteiger partial charge is 0.481 e. The van der Waals surface area contributed by atoms with Gasteiger partial charge in [-0.1, -0.05) is 36.4 Å². The van der Waals surface area contributed by atoms with Crippen LogP contribution in [0.5, 0.6) is 5.88 Å². The second-order valence-corrected chi connectivity index (χ2v) is 7.68. The van der Waals surface area contributed by atoms with Gasteiger partial charge in [-0.3, -0.25) is 4.79 Å². The lowest BCUT2D eigenvalue weighted by Gasteiger charge is -2.51. The highest BCUT2D eigenvalue weighted by molar-refractivity contribution is 6.31. The fourth-order valence-electron chi connectivity index (χ4n) is 3.99. The molecule has 1 aromatic heterocycles. The maximum absolute atomic E-state index is 12.1. The van der Waals surface area contributed by atoms with Crippen LogP contribution < -0.4 is 10.1 Å². The second-order valence-electron chi connectivity index (χ2n) is 7.27. The summed E-state index contributed by atoms with van der Waals surface area (Å²) in [5.41, 5.74) is 2.58. The van der Waals surface area contributed by atoms with Crippen molar-refractivity contribution >= 4 is 34.0 Å². The van der Waals surface area contributed by atoms with Crippen molar-refractivity contribution in [1.29, 1.82) is 0 Å². The molecule has 2 aromatic carbocycles. The van der Waals surface area contributed by atoms with E-state index in [4.69, 9.17) is 16.3 Å². The van der Waals surface area contributed by atoms with Crippen molar-refractivity contribution in [2.24, 2.45) is 0 Å². The van der Waals surface area contributed by atoms with Crippen LogP contribution in [-0.2, 0) is 10.3 Å². The van der Waals surface area contributed by atoms with Gasteiger partial charge in [0.1, 0.15) is 0 Å². The number of aromatic nitrogens is 1. The third-order valence-electron chi connectivity index (χ3n) is 5.50. The summed E-state index contributed by atoms with van der Waals surface area (Å²) in [6, 6.07) is 13.9. The zero-order valence-electron chi connectivity index (χ0n) is 16.4. The van der Waals surface area contributed by atoms with E-state index in [1.54, 1.807) is 18.2 Å². The predicted octanol–water partition coefficient (Wildman–Crippen LogP) is 4.54. The quantitative estimate of drug-likeness (QED) is 0.631. The molecular formula is C23H22ClN3O2. The van der Waals surface area contributed by atoms with Crippen molar-refractivity contribution < 1.29 is 9.53 Å². The first kappa shape index (κ1) is 19.3. The molecule has 1 N–H and O–H groups in total. The van der Waals surface area contributed by atoms with Crippen molar-refractivity contribution in [3.05, 3.63) is 77.5 Å². The minimum absolute atomic E-state index is 0.0773. The Morgan fingerprint density at radius 2 is 2.10 bits per heavy atom. The number of amides is 1. The number of halogens is 1. The van der Waals surface area contributed by atoms with Gasteiger partial charge >= 0.3 is 0 Å². The highest BCUT2D eigenvalue weighted by atomic mass is 35.5. The number of ether oxygens (including phenoxy) is 1. The third kappa shape index (κ3) is 3.32. The fraction of sp³-hybridized carbons (Fsp3) is 0.217. The van der Waals surface area contributed by atoms with Crippen LogP contribution in [0.15, 0.2) is 61.3 Å². The van der Waals surface area contributed by atoms with Crippen molar-refractivity contribution in [3.63, 3.8) is 0 Å². The zero-order chi connectivity index (χ0) is 20.6. The Morgan fingerprint density at radius 1 is 1.31 bits per heavy atom. The molecule has 1 amide bonds. The fourth-order valence-corrected chi connectivity index (χ4v) is 4.17. The summed E-state index contributed by atoms with van der Waals surface area (Å²) >= 11 is 6.40. The number of benzene rings is 2. The van der Waals surface area contributed by atoms with E-state index in [0.717, 1.165) is 27.6 Å². The molecule has 1 fully saturated rings. The van der Waals surface area contributed by atoms with Crippen LogP contribution in [0, 0.1) is 6.92 Å². The molecule has 1 aliphatic heterocycles. The molecule has 2 heterocycles. The number of carbonyl (C=O) groups is 1. The van der Waals surface area contributed by atoms with Gasteiger partial charge in [-0.05, 0) is 53.8 Å². The van der Waals surface area contributed by atoms with Gasteiger partial charge in [0.15, 0.2) is 0 Å². The van der Waals surface area contributed by atoms with E-state index in [9.17, 15) is 4.79 Å². The van der Waals surface area contributed by atoms with E-state index in [-0.39, 0.29) is 5.91 Å². The standard InChI is InChI=1S/C23H22ClN3O2/c1-4-21(28)27-13-23(14-27,19-6-5-7-20(24)15(19)2)26-17-9-8-16-10-11-25-22(29-3)18(16)12-17/h4-12,26H,1,13-14H2,2-3H3. The number of nitrogens with one attached hydrogen (secondary N) is 1. The molecule has 6 heteroatoms. The van der Waals surface area contributed by atoms with Crippen molar-refractivity contribution in [3.8, 4) is 5.88 Å². The van der Waals surface area contributed by atoms with Gasteiger partial charge in [0.25, 0.3) is 0 Å². The van der Waals surface area contributed by atoms with Crippen molar-refractivity contribution in [2.75, 3.05) is 25.5 Å². The Morgan fingerprint density at radius 3 is 2.83 bits per heavy atom. The molecule has 148 valence electrons. The van der Waals surface area contributed by atoms with Crippen molar-refractivity contribution in [2.45, 2.75) is 12.5 Å². The Kier molecular flexibility index (Phi) is 4.92.